The van der Waals surface area contributed by atoms with Gasteiger partial charge >= 0.3 is 6.03 Å². The van der Waals surface area contributed by atoms with Crippen LogP contribution in [0.2, 0.25) is 0 Å². The Labute approximate surface area is 172 Å². The number of aromatic nitrogens is 2. The topological polar surface area (TPSA) is 81.3 Å². The highest BCUT2D eigenvalue weighted by Gasteiger charge is 2.22. The first-order chi connectivity index (χ1) is 13.9. The molecule has 7 heteroatoms. The van der Waals surface area contributed by atoms with Gasteiger partial charge in [-0.3, -0.25) is 9.69 Å². The molecule has 1 saturated heterocycles. The van der Waals surface area contributed by atoms with Crippen molar-refractivity contribution < 1.29 is 4.79 Å². The van der Waals surface area contributed by atoms with Crippen molar-refractivity contribution in [3.63, 3.8) is 0 Å². The van der Waals surface area contributed by atoms with Crippen LogP contribution in [0.3, 0.4) is 0 Å². The molecule has 3 rings (SSSR count). The normalized spacial score (nSPS) is 16.3. The highest BCUT2D eigenvalue weighted by molar-refractivity contribution is 5.77. The second-order valence-corrected chi connectivity index (χ2v) is 8.47. The minimum Gasteiger partial charge on any atom is -0.336 e. The minimum absolute atomic E-state index is 0.0268. The standard InChI is InChI=1S/C22H33N5O2/c1-16(2)7-6-8-17(3)23-22(29)27-13-11-26(12-14-27)15-20-24-19-10-5-4-9-18(19)21(28)25-20/h4-5,9-10,16-17H,6-8,11-15H2,1-3H3,(H,23,29)(H,24,25,28). The van der Waals surface area contributed by atoms with Gasteiger partial charge in [0.05, 0.1) is 17.4 Å². The molecule has 1 atom stereocenters. The van der Waals surface area contributed by atoms with Gasteiger partial charge in [-0.1, -0.05) is 38.8 Å². The lowest BCUT2D eigenvalue weighted by atomic mass is 10.0. The number of amides is 2. The molecule has 2 aromatic rings. The maximum Gasteiger partial charge on any atom is 0.317 e. The number of nitrogens with one attached hydrogen (secondary N) is 2. The van der Waals surface area contributed by atoms with Crippen LogP contribution in [-0.4, -0.2) is 58.0 Å². The van der Waals surface area contributed by atoms with Crippen molar-refractivity contribution in [1.82, 2.24) is 25.1 Å². The van der Waals surface area contributed by atoms with Gasteiger partial charge in [0.1, 0.15) is 5.82 Å². The second-order valence-electron chi connectivity index (χ2n) is 8.47. The summed E-state index contributed by atoms with van der Waals surface area (Å²) in [6.45, 7) is 10.0. The molecule has 0 spiro atoms. The molecule has 2 heterocycles. The van der Waals surface area contributed by atoms with Crippen LogP contribution >= 0.6 is 0 Å². The zero-order valence-electron chi connectivity index (χ0n) is 17.8. The van der Waals surface area contributed by atoms with Gasteiger partial charge in [-0.15, -0.1) is 0 Å². The number of urea groups is 1. The molecular formula is C22H33N5O2. The van der Waals surface area contributed by atoms with Crippen LogP contribution in [-0.2, 0) is 6.54 Å². The fourth-order valence-electron chi connectivity index (χ4n) is 3.74. The van der Waals surface area contributed by atoms with Crippen LogP contribution in [0.1, 0.15) is 45.9 Å². The van der Waals surface area contributed by atoms with Crippen molar-refractivity contribution in [2.45, 2.75) is 52.6 Å². The van der Waals surface area contributed by atoms with E-state index in [4.69, 9.17) is 0 Å². The first kappa shape index (κ1) is 21.3. The molecule has 2 N–H and O–H groups in total. The molecule has 158 valence electrons. The fraction of sp³-hybridized carbons (Fsp3) is 0.591. The van der Waals surface area contributed by atoms with Crippen LogP contribution in [0.5, 0.6) is 0 Å². The molecule has 0 bridgehead atoms. The lowest BCUT2D eigenvalue weighted by Gasteiger charge is -2.35. The van der Waals surface area contributed by atoms with Crippen molar-refractivity contribution in [1.29, 1.82) is 0 Å². The number of rotatable bonds is 7. The smallest absolute Gasteiger partial charge is 0.317 e. The van der Waals surface area contributed by atoms with E-state index in [2.05, 4.69) is 41.0 Å². The number of hydrogen-bond acceptors (Lipinski definition) is 4. The van der Waals surface area contributed by atoms with Crippen molar-refractivity contribution in [3.8, 4) is 0 Å². The van der Waals surface area contributed by atoms with Crippen LogP contribution < -0.4 is 10.9 Å². The Bertz CT molecular complexity index is 871. The zero-order chi connectivity index (χ0) is 20.8. The summed E-state index contributed by atoms with van der Waals surface area (Å²) in [4.78, 5) is 36.3. The summed E-state index contributed by atoms with van der Waals surface area (Å²) < 4.78 is 0. The van der Waals surface area contributed by atoms with Crippen molar-refractivity contribution in [2.24, 2.45) is 5.92 Å². The Kier molecular flexibility index (Phi) is 7.25. The van der Waals surface area contributed by atoms with E-state index < -0.39 is 0 Å². The van der Waals surface area contributed by atoms with E-state index in [-0.39, 0.29) is 17.6 Å². The van der Waals surface area contributed by atoms with E-state index in [0.717, 1.165) is 31.4 Å². The summed E-state index contributed by atoms with van der Waals surface area (Å²) in [6.07, 6.45) is 3.36. The van der Waals surface area contributed by atoms with Gasteiger partial charge in [-0.2, -0.15) is 0 Å². The van der Waals surface area contributed by atoms with Crippen LogP contribution in [0.25, 0.3) is 10.9 Å². The van der Waals surface area contributed by atoms with E-state index in [1.165, 1.54) is 6.42 Å². The SMILES string of the molecule is CC(C)CCCC(C)NC(=O)N1CCN(Cc2nc3ccccc3c(=O)[nH]2)CC1. The summed E-state index contributed by atoms with van der Waals surface area (Å²) in [6, 6.07) is 7.60. The summed E-state index contributed by atoms with van der Waals surface area (Å²) >= 11 is 0. The number of benzene rings is 1. The number of fused-ring (bicyclic) bond motifs is 1. The zero-order valence-corrected chi connectivity index (χ0v) is 17.8. The van der Waals surface area contributed by atoms with Gasteiger partial charge in [-0.05, 0) is 31.4 Å². The quantitative estimate of drug-likeness (QED) is 0.750. The second kappa shape index (κ2) is 9.87. The summed E-state index contributed by atoms with van der Waals surface area (Å²) in [5, 5.41) is 3.74. The molecule has 0 aliphatic carbocycles. The monoisotopic (exact) mass is 399 g/mol. The Morgan fingerprint density at radius 1 is 1.14 bits per heavy atom. The van der Waals surface area contributed by atoms with Crippen molar-refractivity contribution in [2.75, 3.05) is 26.2 Å². The molecule has 1 aromatic heterocycles. The summed E-state index contributed by atoms with van der Waals surface area (Å²) in [5.41, 5.74) is 0.616. The van der Waals surface area contributed by atoms with Gasteiger partial charge in [0.2, 0.25) is 0 Å². The predicted octanol–water partition coefficient (Wildman–Crippen LogP) is 2.97. The Hall–Kier alpha value is -2.41. The molecule has 0 radical (unpaired) electrons. The Balaban J connectivity index is 1.47. The number of piperazine rings is 1. The third kappa shape index (κ3) is 6.03. The molecule has 1 fully saturated rings. The number of aromatic amines is 1. The van der Waals surface area contributed by atoms with Gasteiger partial charge in [0.15, 0.2) is 0 Å². The highest BCUT2D eigenvalue weighted by Crippen LogP contribution is 2.11. The average Bonchev–Trinajstić information content (AvgIpc) is 2.68. The molecule has 1 aromatic carbocycles. The van der Waals surface area contributed by atoms with E-state index in [9.17, 15) is 9.59 Å². The third-order valence-corrected chi connectivity index (χ3v) is 5.48. The molecule has 0 saturated carbocycles. The summed E-state index contributed by atoms with van der Waals surface area (Å²) in [7, 11) is 0. The molecule has 2 amide bonds. The van der Waals surface area contributed by atoms with Gasteiger partial charge in [0.25, 0.3) is 5.56 Å². The first-order valence-electron chi connectivity index (χ1n) is 10.7. The molecule has 1 unspecified atom stereocenters. The molecule has 1 aliphatic heterocycles. The molecule has 29 heavy (non-hydrogen) atoms. The van der Waals surface area contributed by atoms with Gasteiger partial charge in [0, 0.05) is 32.2 Å². The lowest BCUT2D eigenvalue weighted by molar-refractivity contribution is 0.131. The minimum atomic E-state index is -0.102. The number of hydrogen-bond donors (Lipinski definition) is 2. The molecule has 1 aliphatic rings. The van der Waals surface area contributed by atoms with E-state index in [1.54, 1.807) is 6.07 Å². The Morgan fingerprint density at radius 3 is 2.59 bits per heavy atom. The lowest BCUT2D eigenvalue weighted by Crippen LogP contribution is -2.53. The van der Waals surface area contributed by atoms with Gasteiger partial charge < -0.3 is 15.2 Å². The predicted molar refractivity (Wildman–Crippen MR) is 116 cm³/mol. The molecule has 7 nitrogen and oxygen atoms in total. The summed E-state index contributed by atoms with van der Waals surface area (Å²) in [5.74, 6) is 1.38. The number of nitrogens with zero attached hydrogens (tertiary/aromatic N) is 3. The van der Waals surface area contributed by atoms with Crippen LogP contribution in [0, 0.1) is 5.92 Å². The number of carbonyl (C=O) groups is 1. The number of carbonyl (C=O) groups excluding carboxylic acids is 1. The van der Waals surface area contributed by atoms with E-state index in [1.807, 2.05) is 23.1 Å². The van der Waals surface area contributed by atoms with E-state index in [0.29, 0.717) is 36.8 Å². The maximum atomic E-state index is 12.5. The van der Waals surface area contributed by atoms with Crippen molar-refractivity contribution >= 4 is 16.9 Å². The van der Waals surface area contributed by atoms with Gasteiger partial charge in [-0.25, -0.2) is 9.78 Å². The first-order valence-corrected chi connectivity index (χ1v) is 10.7. The number of para-hydroxylation sites is 1. The van der Waals surface area contributed by atoms with Crippen molar-refractivity contribution in [3.05, 3.63) is 40.4 Å². The maximum absolute atomic E-state index is 12.5. The largest absolute Gasteiger partial charge is 0.336 e. The van der Waals surface area contributed by atoms with Crippen LogP contribution in [0.15, 0.2) is 29.1 Å². The number of H-pyrrole nitrogens is 1. The van der Waals surface area contributed by atoms with E-state index >= 15 is 0 Å². The average molecular weight is 400 g/mol. The molecular weight excluding hydrogens is 366 g/mol. The van der Waals surface area contributed by atoms with Crippen LogP contribution in [0.4, 0.5) is 4.79 Å². The fourth-order valence-corrected chi connectivity index (χ4v) is 3.74. The third-order valence-electron chi connectivity index (χ3n) is 5.48. The Morgan fingerprint density at radius 2 is 1.86 bits per heavy atom. The highest BCUT2D eigenvalue weighted by atomic mass is 16.2.